The van der Waals surface area contributed by atoms with Gasteiger partial charge in [-0.2, -0.15) is 0 Å². The first-order chi connectivity index (χ1) is 10.1. The molecule has 0 aliphatic rings. The van der Waals surface area contributed by atoms with Gasteiger partial charge in [-0.1, -0.05) is 18.2 Å². The quantitative estimate of drug-likeness (QED) is 0.654. The number of ether oxygens (including phenoxy) is 1. The maximum absolute atomic E-state index is 12.0. The largest absolute Gasteiger partial charge is 0.422 e. The molecular formula is C16H19NO4. The summed E-state index contributed by atoms with van der Waals surface area (Å²) in [4.78, 5) is 23.9. The molecule has 0 atom stereocenters. The maximum Gasteiger partial charge on any atom is 0.349 e. The van der Waals surface area contributed by atoms with Crippen LogP contribution in [0.2, 0.25) is 0 Å². The standard InChI is InChI=1S/C16H19NO4/c1-3-20-9-5-8-17-15(18)13-10-12-7-4-6-11(2)14(12)21-16(13)19/h4,6-7,10H,3,5,8-9H2,1-2H3,(H,17,18). The summed E-state index contributed by atoms with van der Waals surface area (Å²) in [5.74, 6) is -0.413. The van der Waals surface area contributed by atoms with E-state index in [0.29, 0.717) is 31.8 Å². The van der Waals surface area contributed by atoms with Gasteiger partial charge in [0.2, 0.25) is 0 Å². The third-order valence-electron chi connectivity index (χ3n) is 3.16. The summed E-state index contributed by atoms with van der Waals surface area (Å²) in [7, 11) is 0. The van der Waals surface area contributed by atoms with E-state index in [-0.39, 0.29) is 5.56 Å². The second-order valence-electron chi connectivity index (χ2n) is 4.75. The molecule has 5 heteroatoms. The van der Waals surface area contributed by atoms with E-state index in [1.807, 2.05) is 32.0 Å². The average Bonchev–Trinajstić information content (AvgIpc) is 2.47. The number of amides is 1. The first-order valence-corrected chi connectivity index (χ1v) is 7.03. The molecule has 21 heavy (non-hydrogen) atoms. The van der Waals surface area contributed by atoms with Gasteiger partial charge in [-0.15, -0.1) is 0 Å². The van der Waals surface area contributed by atoms with E-state index in [2.05, 4.69) is 5.32 Å². The van der Waals surface area contributed by atoms with Gasteiger partial charge < -0.3 is 14.5 Å². The molecule has 1 aromatic heterocycles. The molecule has 0 aliphatic heterocycles. The summed E-state index contributed by atoms with van der Waals surface area (Å²) in [5, 5.41) is 3.44. The third kappa shape index (κ3) is 3.70. The van der Waals surface area contributed by atoms with Crippen LogP contribution in [0.4, 0.5) is 0 Å². The van der Waals surface area contributed by atoms with Crippen molar-refractivity contribution in [2.75, 3.05) is 19.8 Å². The van der Waals surface area contributed by atoms with Crippen molar-refractivity contribution in [1.29, 1.82) is 0 Å². The molecule has 0 radical (unpaired) electrons. The molecule has 0 unspecified atom stereocenters. The fourth-order valence-corrected chi connectivity index (χ4v) is 2.06. The van der Waals surface area contributed by atoms with Crippen LogP contribution < -0.4 is 10.9 Å². The topological polar surface area (TPSA) is 68.5 Å². The number of hydrogen-bond acceptors (Lipinski definition) is 4. The maximum atomic E-state index is 12.0. The third-order valence-corrected chi connectivity index (χ3v) is 3.16. The Hall–Kier alpha value is -2.14. The van der Waals surface area contributed by atoms with Crippen molar-refractivity contribution < 1.29 is 13.9 Å². The van der Waals surface area contributed by atoms with Crippen LogP contribution in [0.3, 0.4) is 0 Å². The molecule has 1 aromatic carbocycles. The second kappa shape index (κ2) is 7.04. The van der Waals surface area contributed by atoms with E-state index >= 15 is 0 Å². The number of hydrogen-bond donors (Lipinski definition) is 1. The van der Waals surface area contributed by atoms with E-state index in [0.717, 1.165) is 10.9 Å². The van der Waals surface area contributed by atoms with Crippen molar-refractivity contribution in [2.24, 2.45) is 0 Å². The van der Waals surface area contributed by atoms with Crippen molar-refractivity contribution in [2.45, 2.75) is 20.3 Å². The number of para-hydroxylation sites is 1. The monoisotopic (exact) mass is 289 g/mol. The van der Waals surface area contributed by atoms with Crippen LogP contribution in [-0.2, 0) is 4.74 Å². The lowest BCUT2D eigenvalue weighted by Crippen LogP contribution is -2.29. The highest BCUT2D eigenvalue weighted by molar-refractivity contribution is 5.96. The molecule has 0 bridgehead atoms. The number of nitrogens with one attached hydrogen (secondary N) is 1. The van der Waals surface area contributed by atoms with Crippen LogP contribution in [0.15, 0.2) is 33.5 Å². The van der Waals surface area contributed by atoms with Gasteiger partial charge in [-0.05, 0) is 31.9 Å². The average molecular weight is 289 g/mol. The highest BCUT2D eigenvalue weighted by Crippen LogP contribution is 2.17. The molecule has 0 aliphatic carbocycles. The summed E-state index contributed by atoms with van der Waals surface area (Å²) < 4.78 is 10.4. The number of carbonyl (C=O) groups is 1. The molecule has 2 aromatic rings. The highest BCUT2D eigenvalue weighted by Gasteiger charge is 2.13. The van der Waals surface area contributed by atoms with Crippen molar-refractivity contribution in [3.05, 3.63) is 45.8 Å². The Labute approximate surface area is 122 Å². The molecule has 0 saturated carbocycles. The van der Waals surface area contributed by atoms with E-state index in [1.54, 1.807) is 6.07 Å². The molecule has 0 fully saturated rings. The number of aryl methyl sites for hydroxylation is 1. The zero-order chi connectivity index (χ0) is 15.2. The Morgan fingerprint density at radius 2 is 2.19 bits per heavy atom. The zero-order valence-corrected chi connectivity index (χ0v) is 12.3. The molecular weight excluding hydrogens is 270 g/mol. The molecule has 112 valence electrons. The summed E-state index contributed by atoms with van der Waals surface area (Å²) in [6.45, 7) is 5.48. The van der Waals surface area contributed by atoms with Gasteiger partial charge in [-0.3, -0.25) is 4.79 Å². The molecule has 0 spiro atoms. The predicted octanol–water partition coefficient (Wildman–Crippen LogP) is 2.26. The van der Waals surface area contributed by atoms with E-state index in [9.17, 15) is 9.59 Å². The minimum absolute atomic E-state index is 0.0320. The fraction of sp³-hybridized carbons (Fsp3) is 0.375. The van der Waals surface area contributed by atoms with Crippen molar-refractivity contribution in [3.8, 4) is 0 Å². The first kappa shape index (κ1) is 15.3. The van der Waals surface area contributed by atoms with Crippen LogP contribution in [-0.4, -0.2) is 25.7 Å². The van der Waals surface area contributed by atoms with Crippen molar-refractivity contribution in [3.63, 3.8) is 0 Å². The zero-order valence-electron chi connectivity index (χ0n) is 12.3. The molecule has 1 heterocycles. The van der Waals surface area contributed by atoms with Crippen LogP contribution in [0.25, 0.3) is 11.0 Å². The Morgan fingerprint density at radius 3 is 2.95 bits per heavy atom. The number of fused-ring (bicyclic) bond motifs is 1. The minimum Gasteiger partial charge on any atom is -0.422 e. The van der Waals surface area contributed by atoms with Crippen molar-refractivity contribution in [1.82, 2.24) is 5.32 Å². The normalized spacial score (nSPS) is 10.8. The Kier molecular flexibility index (Phi) is 5.11. The Morgan fingerprint density at radius 1 is 1.38 bits per heavy atom. The summed E-state index contributed by atoms with van der Waals surface area (Å²) >= 11 is 0. The van der Waals surface area contributed by atoms with E-state index < -0.39 is 11.5 Å². The SMILES string of the molecule is CCOCCCNC(=O)c1cc2cccc(C)c2oc1=O. The lowest BCUT2D eigenvalue weighted by molar-refractivity contribution is 0.0941. The molecule has 0 saturated heterocycles. The minimum atomic E-state index is -0.612. The van der Waals surface area contributed by atoms with E-state index in [1.165, 1.54) is 0 Å². The predicted molar refractivity (Wildman–Crippen MR) is 80.7 cm³/mol. The Balaban J connectivity index is 2.12. The number of rotatable bonds is 6. The van der Waals surface area contributed by atoms with E-state index in [4.69, 9.17) is 9.15 Å². The van der Waals surface area contributed by atoms with Gasteiger partial charge in [0.05, 0.1) is 0 Å². The molecule has 5 nitrogen and oxygen atoms in total. The van der Waals surface area contributed by atoms with Gasteiger partial charge in [0.25, 0.3) is 5.91 Å². The summed E-state index contributed by atoms with van der Waals surface area (Å²) in [5.41, 5.74) is 0.812. The van der Waals surface area contributed by atoms with Crippen LogP contribution in [0.1, 0.15) is 29.3 Å². The van der Waals surface area contributed by atoms with Crippen LogP contribution in [0.5, 0.6) is 0 Å². The second-order valence-corrected chi connectivity index (χ2v) is 4.75. The smallest absolute Gasteiger partial charge is 0.349 e. The van der Waals surface area contributed by atoms with Gasteiger partial charge >= 0.3 is 5.63 Å². The summed E-state index contributed by atoms with van der Waals surface area (Å²) in [6.07, 6.45) is 0.706. The van der Waals surface area contributed by atoms with Gasteiger partial charge in [0.15, 0.2) is 0 Å². The summed E-state index contributed by atoms with van der Waals surface area (Å²) in [6, 6.07) is 7.11. The molecule has 1 amide bonds. The lowest BCUT2D eigenvalue weighted by atomic mass is 10.1. The molecule has 2 rings (SSSR count). The highest BCUT2D eigenvalue weighted by atomic mass is 16.5. The van der Waals surface area contributed by atoms with Crippen molar-refractivity contribution >= 4 is 16.9 Å². The number of benzene rings is 1. The van der Waals surface area contributed by atoms with Gasteiger partial charge in [0.1, 0.15) is 11.1 Å². The lowest BCUT2D eigenvalue weighted by Gasteiger charge is -2.06. The van der Waals surface area contributed by atoms with Crippen LogP contribution in [0, 0.1) is 6.92 Å². The van der Waals surface area contributed by atoms with Gasteiger partial charge in [-0.25, -0.2) is 4.79 Å². The Bertz CT molecular complexity index is 690. The first-order valence-electron chi connectivity index (χ1n) is 7.03. The van der Waals surface area contributed by atoms with Crippen LogP contribution >= 0.6 is 0 Å². The van der Waals surface area contributed by atoms with Gasteiger partial charge in [0, 0.05) is 25.1 Å². The number of carbonyl (C=O) groups excluding carboxylic acids is 1. The molecule has 1 N–H and O–H groups in total. The fourth-order valence-electron chi connectivity index (χ4n) is 2.06.